The highest BCUT2D eigenvalue weighted by Gasteiger charge is 2.30. The average molecular weight is 626 g/mol. The van der Waals surface area contributed by atoms with Gasteiger partial charge in [-0.2, -0.15) is 0 Å². The van der Waals surface area contributed by atoms with Gasteiger partial charge in [0.15, 0.2) is 46.5 Å². The van der Waals surface area contributed by atoms with E-state index in [-0.39, 0.29) is 52.7 Å². The van der Waals surface area contributed by atoms with Gasteiger partial charge in [-0.15, -0.1) is 0 Å². The van der Waals surface area contributed by atoms with E-state index in [2.05, 4.69) is 10.2 Å². The van der Waals surface area contributed by atoms with E-state index in [1.807, 2.05) is 20.5 Å². The molecule has 0 aliphatic rings. The third-order valence-electron chi connectivity index (χ3n) is 5.03. The molecule has 0 aliphatic carbocycles. The van der Waals surface area contributed by atoms with Crippen LogP contribution >= 0.6 is 0 Å². The standard InChI is InChI=1S/C22H18F8N8O5/c23-11-9(12(24)16(28)19(15(11)27)35-37-31)21(39)33-1-3-41-5-7-43-8-6-42-4-2-34-22(40)10-13(25)17(29)20(36-38-32)18(30)14(10)26/h1-8H2,(H,33,39)(H,34,40). The fourth-order valence-corrected chi connectivity index (χ4v) is 3.10. The van der Waals surface area contributed by atoms with Crippen LogP contribution in [0.15, 0.2) is 10.2 Å². The molecule has 0 saturated heterocycles. The number of benzene rings is 2. The van der Waals surface area contributed by atoms with Crippen molar-refractivity contribution in [3.8, 4) is 0 Å². The molecule has 2 rings (SSSR count). The van der Waals surface area contributed by atoms with Gasteiger partial charge in [-0.25, -0.2) is 35.1 Å². The Hall–Kier alpha value is -4.68. The first-order valence-corrected chi connectivity index (χ1v) is 11.6. The van der Waals surface area contributed by atoms with E-state index in [0.29, 0.717) is 0 Å². The lowest BCUT2D eigenvalue weighted by Gasteiger charge is -2.11. The molecule has 0 bridgehead atoms. The second kappa shape index (κ2) is 16.7. The molecule has 2 N–H and O–H groups in total. The number of hydrogen-bond donors (Lipinski definition) is 2. The van der Waals surface area contributed by atoms with E-state index in [1.165, 1.54) is 0 Å². The molecule has 0 atom stereocenters. The van der Waals surface area contributed by atoms with Gasteiger partial charge >= 0.3 is 0 Å². The van der Waals surface area contributed by atoms with E-state index >= 15 is 0 Å². The van der Waals surface area contributed by atoms with Crippen LogP contribution in [0.25, 0.3) is 20.9 Å². The highest BCUT2D eigenvalue weighted by atomic mass is 19.2. The summed E-state index contributed by atoms with van der Waals surface area (Å²) in [5, 5.41) is 8.99. The topological polar surface area (TPSA) is 183 Å². The summed E-state index contributed by atoms with van der Waals surface area (Å²) in [5.74, 6) is -19.4. The Balaban J connectivity index is 1.61. The van der Waals surface area contributed by atoms with E-state index in [9.17, 15) is 44.7 Å². The zero-order valence-electron chi connectivity index (χ0n) is 21.4. The summed E-state index contributed by atoms with van der Waals surface area (Å²) in [6.45, 7) is -1.06. The molecular weight excluding hydrogens is 608 g/mol. The lowest BCUT2D eigenvalue weighted by atomic mass is 10.1. The van der Waals surface area contributed by atoms with Crippen molar-refractivity contribution >= 4 is 23.2 Å². The predicted octanol–water partition coefficient (Wildman–Crippen LogP) is 4.89. The van der Waals surface area contributed by atoms with E-state index in [1.54, 1.807) is 0 Å². The molecule has 21 heteroatoms. The molecule has 2 aromatic rings. The van der Waals surface area contributed by atoms with Gasteiger partial charge in [0.2, 0.25) is 0 Å². The Morgan fingerprint density at radius 3 is 1.09 bits per heavy atom. The van der Waals surface area contributed by atoms with Crippen molar-refractivity contribution in [3.05, 3.63) is 78.6 Å². The minimum Gasteiger partial charge on any atom is -0.377 e. The molecule has 232 valence electrons. The summed E-state index contributed by atoms with van der Waals surface area (Å²) >= 11 is 0. The minimum atomic E-state index is -2.05. The first-order chi connectivity index (χ1) is 20.5. The molecule has 0 aliphatic heterocycles. The number of rotatable bonds is 16. The van der Waals surface area contributed by atoms with E-state index in [4.69, 9.17) is 25.3 Å². The molecule has 0 aromatic heterocycles. The molecule has 0 spiro atoms. The van der Waals surface area contributed by atoms with Gasteiger partial charge in [0, 0.05) is 22.9 Å². The fraction of sp³-hybridized carbons (Fsp3) is 0.364. The van der Waals surface area contributed by atoms with Gasteiger partial charge < -0.3 is 24.8 Å². The number of carbonyl (C=O) groups excluding carboxylic acids is 2. The monoisotopic (exact) mass is 626 g/mol. The second-order valence-corrected chi connectivity index (χ2v) is 7.69. The lowest BCUT2D eigenvalue weighted by molar-refractivity contribution is 0.0157. The number of ether oxygens (including phenoxy) is 3. The average Bonchev–Trinajstić information content (AvgIpc) is 2.98. The Kier molecular flexibility index (Phi) is 13.4. The van der Waals surface area contributed by atoms with Crippen LogP contribution in [-0.2, 0) is 14.2 Å². The van der Waals surface area contributed by atoms with Crippen LogP contribution in [0, 0.1) is 46.5 Å². The maximum Gasteiger partial charge on any atom is 0.257 e. The molecule has 0 heterocycles. The molecule has 0 saturated carbocycles. The van der Waals surface area contributed by atoms with Gasteiger partial charge in [0.25, 0.3) is 11.8 Å². The summed E-state index contributed by atoms with van der Waals surface area (Å²) < 4.78 is 126. The van der Waals surface area contributed by atoms with Crippen LogP contribution in [0.5, 0.6) is 0 Å². The van der Waals surface area contributed by atoms with E-state index in [0.717, 1.165) is 0 Å². The first kappa shape index (κ1) is 34.5. The molecule has 2 amide bonds. The predicted molar refractivity (Wildman–Crippen MR) is 127 cm³/mol. The highest BCUT2D eigenvalue weighted by molar-refractivity contribution is 5.95. The summed E-state index contributed by atoms with van der Waals surface area (Å²) in [7, 11) is 0. The molecule has 0 fully saturated rings. The highest BCUT2D eigenvalue weighted by Crippen LogP contribution is 2.31. The van der Waals surface area contributed by atoms with Crippen LogP contribution in [-0.4, -0.2) is 64.5 Å². The summed E-state index contributed by atoms with van der Waals surface area (Å²) in [6, 6.07) is 0. The zero-order chi connectivity index (χ0) is 32.1. The third kappa shape index (κ3) is 8.66. The molecule has 13 nitrogen and oxygen atoms in total. The molecular formula is C22H18F8N8O5. The van der Waals surface area contributed by atoms with E-state index < -0.39 is 80.9 Å². The third-order valence-corrected chi connectivity index (χ3v) is 5.03. The van der Waals surface area contributed by atoms with Crippen molar-refractivity contribution in [1.82, 2.24) is 10.6 Å². The van der Waals surface area contributed by atoms with Crippen molar-refractivity contribution in [2.45, 2.75) is 0 Å². The summed E-state index contributed by atoms with van der Waals surface area (Å²) in [4.78, 5) is 27.9. The van der Waals surface area contributed by atoms with Crippen molar-refractivity contribution in [1.29, 1.82) is 0 Å². The fourth-order valence-electron chi connectivity index (χ4n) is 3.10. The quantitative estimate of drug-likeness (QED) is 0.0670. The van der Waals surface area contributed by atoms with Crippen LogP contribution < -0.4 is 10.6 Å². The van der Waals surface area contributed by atoms with Crippen molar-refractivity contribution in [2.24, 2.45) is 10.2 Å². The Labute approximate surface area is 234 Å². The molecule has 0 radical (unpaired) electrons. The maximum atomic E-state index is 14.0. The van der Waals surface area contributed by atoms with Gasteiger partial charge in [0.1, 0.15) is 22.5 Å². The van der Waals surface area contributed by atoms with Gasteiger partial charge in [0.05, 0.1) is 39.6 Å². The van der Waals surface area contributed by atoms with Crippen LogP contribution in [0.4, 0.5) is 46.5 Å². The largest absolute Gasteiger partial charge is 0.377 e. The van der Waals surface area contributed by atoms with Crippen LogP contribution in [0.1, 0.15) is 20.7 Å². The zero-order valence-corrected chi connectivity index (χ0v) is 21.4. The second-order valence-electron chi connectivity index (χ2n) is 7.69. The Bertz CT molecular complexity index is 1300. The number of hydrogen-bond acceptors (Lipinski definition) is 7. The number of amides is 2. The molecule has 2 aromatic carbocycles. The van der Waals surface area contributed by atoms with Gasteiger partial charge in [-0.3, -0.25) is 9.59 Å². The summed E-state index contributed by atoms with van der Waals surface area (Å²) in [5.41, 5.74) is 10.2. The SMILES string of the molecule is [N-]=[N+]=Nc1c(F)c(F)c(C(=O)NCCOCCOCCOCCNC(=O)c2c(F)c(F)c(N=[N+]=[N-])c(F)c2F)c(F)c1F. The van der Waals surface area contributed by atoms with Crippen molar-refractivity contribution in [2.75, 3.05) is 52.7 Å². The minimum absolute atomic E-state index is 0.0100. The lowest BCUT2D eigenvalue weighted by Crippen LogP contribution is -2.30. The number of azide groups is 2. The number of carbonyl (C=O) groups is 2. The van der Waals surface area contributed by atoms with Crippen molar-refractivity contribution in [3.63, 3.8) is 0 Å². The van der Waals surface area contributed by atoms with Crippen molar-refractivity contribution < 1.29 is 58.9 Å². The maximum absolute atomic E-state index is 14.0. The Morgan fingerprint density at radius 1 is 0.535 bits per heavy atom. The van der Waals surface area contributed by atoms with Gasteiger partial charge in [-0.05, 0) is 11.1 Å². The van der Waals surface area contributed by atoms with Gasteiger partial charge in [-0.1, -0.05) is 10.2 Å². The van der Waals surface area contributed by atoms with Crippen LogP contribution in [0.3, 0.4) is 0 Å². The summed E-state index contributed by atoms with van der Waals surface area (Å²) in [6.07, 6.45) is 0. The van der Waals surface area contributed by atoms with Crippen LogP contribution in [0.2, 0.25) is 0 Å². The molecule has 43 heavy (non-hydrogen) atoms. The smallest absolute Gasteiger partial charge is 0.257 e. The first-order valence-electron chi connectivity index (χ1n) is 11.6. The Morgan fingerprint density at radius 2 is 0.814 bits per heavy atom. The normalized spacial score (nSPS) is 10.6. The number of nitrogens with one attached hydrogen (secondary N) is 2. The number of nitrogens with zero attached hydrogens (tertiary/aromatic N) is 6. The molecule has 0 unspecified atom stereocenters. The number of halogens is 8.